The fraction of sp³-hybridized carbons (Fsp3) is 0.818. The monoisotopic (exact) mass is 797 g/mol. The predicted octanol–water partition coefficient (Wildman–Crippen LogP) is 8.14. The summed E-state index contributed by atoms with van der Waals surface area (Å²) < 4.78 is 41.1. The number of ether oxygens (including phenoxy) is 8. The molecule has 0 radical (unpaired) electrons. The van der Waals surface area contributed by atoms with Gasteiger partial charge >= 0.3 is 23.9 Å². The Morgan fingerprint density at radius 1 is 0.464 bits per heavy atom. The first kappa shape index (κ1) is 51.2. The summed E-state index contributed by atoms with van der Waals surface area (Å²) in [5, 5.41) is 0. The third-order valence-corrected chi connectivity index (χ3v) is 10.1. The number of rotatable bonds is 30. The average molecular weight is 797 g/mol. The molecule has 56 heavy (non-hydrogen) atoms. The zero-order chi connectivity index (χ0) is 41.2. The molecular formula is C44H76O12. The minimum atomic E-state index is -0.397. The van der Waals surface area contributed by atoms with Gasteiger partial charge in [0.05, 0.1) is 26.4 Å². The lowest BCUT2D eigenvalue weighted by molar-refractivity contribution is -0.146. The van der Waals surface area contributed by atoms with Crippen molar-refractivity contribution in [1.82, 2.24) is 0 Å². The Morgan fingerprint density at radius 3 is 1.21 bits per heavy atom. The SMILES string of the molecule is C1CC2C3CCC(C3)C2C1.C=C(C)C(=O)OCCCCC(=O)OCCOCCCCOCC.C=C(C)C(=O)OCCCCC(=O)OCCOCCCCOCC. The molecule has 2 bridgehead atoms. The molecular weight excluding hydrogens is 720 g/mol. The molecule has 0 N–H and O–H groups in total. The van der Waals surface area contributed by atoms with Crippen LogP contribution in [0.2, 0.25) is 0 Å². The lowest BCUT2D eigenvalue weighted by atomic mass is 9.82. The Bertz CT molecular complexity index is 1010. The molecule has 12 nitrogen and oxygen atoms in total. The van der Waals surface area contributed by atoms with Gasteiger partial charge in [-0.2, -0.15) is 0 Å². The van der Waals surface area contributed by atoms with Gasteiger partial charge in [-0.15, -0.1) is 0 Å². The van der Waals surface area contributed by atoms with Crippen LogP contribution in [0.4, 0.5) is 0 Å². The molecule has 3 fully saturated rings. The Labute approximate surface area is 338 Å². The van der Waals surface area contributed by atoms with E-state index in [1.807, 2.05) is 13.8 Å². The molecule has 0 aromatic heterocycles. The van der Waals surface area contributed by atoms with Gasteiger partial charge in [-0.25, -0.2) is 9.59 Å². The van der Waals surface area contributed by atoms with Gasteiger partial charge in [-0.3, -0.25) is 9.59 Å². The van der Waals surface area contributed by atoms with Crippen molar-refractivity contribution in [3.63, 3.8) is 0 Å². The van der Waals surface area contributed by atoms with Crippen LogP contribution >= 0.6 is 0 Å². The van der Waals surface area contributed by atoms with E-state index in [4.69, 9.17) is 37.9 Å². The Kier molecular flexibility index (Phi) is 31.3. The van der Waals surface area contributed by atoms with Crippen molar-refractivity contribution in [3.8, 4) is 0 Å². The van der Waals surface area contributed by atoms with Gasteiger partial charge in [0.15, 0.2) is 0 Å². The molecule has 0 aliphatic heterocycles. The summed E-state index contributed by atoms with van der Waals surface area (Å²) in [4.78, 5) is 45.1. The number of carbonyl (C=O) groups is 4. The second kappa shape index (κ2) is 34.3. The van der Waals surface area contributed by atoms with Crippen molar-refractivity contribution in [2.24, 2.45) is 23.7 Å². The van der Waals surface area contributed by atoms with E-state index < -0.39 is 11.9 Å². The van der Waals surface area contributed by atoms with E-state index in [0.29, 0.717) is 89.3 Å². The molecule has 0 aromatic rings. The zero-order valence-electron chi connectivity index (χ0n) is 35.4. The molecule has 3 aliphatic carbocycles. The fourth-order valence-electron chi connectivity index (χ4n) is 7.22. The first-order valence-corrected chi connectivity index (χ1v) is 21.4. The van der Waals surface area contributed by atoms with E-state index in [1.165, 1.54) is 23.7 Å². The van der Waals surface area contributed by atoms with Crippen molar-refractivity contribution in [3.05, 3.63) is 24.3 Å². The first-order chi connectivity index (χ1) is 27.1. The third-order valence-electron chi connectivity index (χ3n) is 10.1. The summed E-state index contributed by atoms with van der Waals surface area (Å²) in [5.74, 6) is 3.50. The standard InChI is InChI=1S/2C17H30O6.C10H16/c2*1-4-20-10-7-8-11-21-13-14-22-16(18)9-5-6-12-23-17(19)15(2)3;1-2-9-7-4-5-8(6-7)10(9)3-1/h2*2,4-14H2,1,3H3;7-10H,1-6H2. The van der Waals surface area contributed by atoms with Gasteiger partial charge in [0.1, 0.15) is 13.2 Å². The molecule has 12 heteroatoms. The largest absolute Gasteiger partial charge is 0.463 e. The van der Waals surface area contributed by atoms with Gasteiger partial charge < -0.3 is 37.9 Å². The summed E-state index contributed by atoms with van der Waals surface area (Å²) >= 11 is 0. The predicted molar refractivity (Wildman–Crippen MR) is 216 cm³/mol. The number of unbranched alkanes of at least 4 members (excludes halogenated alkanes) is 4. The van der Waals surface area contributed by atoms with Crippen LogP contribution in [0.1, 0.15) is 130 Å². The molecule has 324 valence electrons. The van der Waals surface area contributed by atoms with Crippen molar-refractivity contribution < 1.29 is 57.1 Å². The van der Waals surface area contributed by atoms with Crippen LogP contribution in [0, 0.1) is 23.7 Å². The molecule has 0 spiro atoms. The molecule has 0 heterocycles. The van der Waals surface area contributed by atoms with E-state index in [-0.39, 0.29) is 25.2 Å². The van der Waals surface area contributed by atoms with Crippen LogP contribution in [0.15, 0.2) is 24.3 Å². The van der Waals surface area contributed by atoms with E-state index in [9.17, 15) is 19.2 Å². The van der Waals surface area contributed by atoms with E-state index in [2.05, 4.69) is 13.2 Å². The number of hydrogen-bond donors (Lipinski definition) is 0. The lowest BCUT2D eigenvalue weighted by Gasteiger charge is -2.23. The topological polar surface area (TPSA) is 142 Å². The maximum absolute atomic E-state index is 11.4. The molecule has 3 saturated carbocycles. The Balaban J connectivity index is 0.000000446. The highest BCUT2D eigenvalue weighted by Crippen LogP contribution is 2.58. The molecule has 3 aliphatic rings. The molecule has 0 saturated heterocycles. The van der Waals surface area contributed by atoms with Gasteiger partial charge in [-0.1, -0.05) is 19.6 Å². The molecule has 4 atom stereocenters. The molecule has 3 rings (SSSR count). The first-order valence-electron chi connectivity index (χ1n) is 21.4. The summed E-state index contributed by atoms with van der Waals surface area (Å²) in [6.07, 6.45) is 16.5. The van der Waals surface area contributed by atoms with Crippen LogP contribution in [-0.2, 0) is 57.1 Å². The second-order valence-corrected chi connectivity index (χ2v) is 14.8. The highest BCUT2D eigenvalue weighted by molar-refractivity contribution is 5.87. The van der Waals surface area contributed by atoms with E-state index in [1.54, 1.807) is 52.4 Å². The van der Waals surface area contributed by atoms with Crippen LogP contribution in [0.5, 0.6) is 0 Å². The van der Waals surface area contributed by atoms with Crippen molar-refractivity contribution >= 4 is 23.9 Å². The smallest absolute Gasteiger partial charge is 0.333 e. The number of esters is 4. The van der Waals surface area contributed by atoms with Crippen LogP contribution in [0.3, 0.4) is 0 Å². The van der Waals surface area contributed by atoms with Gasteiger partial charge in [0.25, 0.3) is 0 Å². The van der Waals surface area contributed by atoms with E-state index in [0.717, 1.165) is 52.1 Å². The summed E-state index contributed by atoms with van der Waals surface area (Å²) in [6, 6.07) is 0. The second-order valence-electron chi connectivity index (χ2n) is 14.8. The number of carbonyl (C=O) groups excluding carboxylic acids is 4. The van der Waals surface area contributed by atoms with Gasteiger partial charge in [-0.05, 0) is 135 Å². The number of hydrogen-bond acceptors (Lipinski definition) is 12. The van der Waals surface area contributed by atoms with Gasteiger partial charge in [0, 0.05) is 63.6 Å². The van der Waals surface area contributed by atoms with Gasteiger partial charge in [0.2, 0.25) is 0 Å². The number of fused-ring (bicyclic) bond motifs is 5. The van der Waals surface area contributed by atoms with Crippen molar-refractivity contribution in [1.29, 1.82) is 0 Å². The normalized spacial score (nSPS) is 18.8. The molecule has 4 unspecified atom stereocenters. The Morgan fingerprint density at radius 2 is 0.839 bits per heavy atom. The van der Waals surface area contributed by atoms with Crippen LogP contribution in [0.25, 0.3) is 0 Å². The molecule has 0 amide bonds. The third kappa shape index (κ3) is 26.2. The molecule has 0 aromatic carbocycles. The van der Waals surface area contributed by atoms with Crippen molar-refractivity contribution in [2.45, 2.75) is 130 Å². The van der Waals surface area contributed by atoms with Crippen LogP contribution < -0.4 is 0 Å². The zero-order valence-corrected chi connectivity index (χ0v) is 35.4. The maximum atomic E-state index is 11.4. The van der Waals surface area contributed by atoms with Crippen LogP contribution in [-0.4, -0.2) is 103 Å². The van der Waals surface area contributed by atoms with Crippen molar-refractivity contribution in [2.75, 3.05) is 79.3 Å². The lowest BCUT2D eigenvalue weighted by Crippen LogP contribution is -2.15. The summed E-state index contributed by atoms with van der Waals surface area (Å²) in [6.45, 7) is 20.4. The quantitative estimate of drug-likeness (QED) is 0.0300. The maximum Gasteiger partial charge on any atom is 0.333 e. The Hall–Kier alpha value is -2.80. The van der Waals surface area contributed by atoms with E-state index >= 15 is 0 Å². The fourth-order valence-corrected chi connectivity index (χ4v) is 7.22. The highest BCUT2D eigenvalue weighted by atomic mass is 16.6. The average Bonchev–Trinajstić information content (AvgIpc) is 3.94. The summed E-state index contributed by atoms with van der Waals surface area (Å²) in [5.41, 5.74) is 0.754. The minimum Gasteiger partial charge on any atom is -0.463 e. The minimum absolute atomic E-state index is 0.254. The summed E-state index contributed by atoms with van der Waals surface area (Å²) in [7, 11) is 0. The highest BCUT2D eigenvalue weighted by Gasteiger charge is 2.48.